The van der Waals surface area contributed by atoms with Crippen LogP contribution in [0, 0.1) is 5.41 Å². The number of aliphatic hydroxyl groups excluding tert-OH is 1. The zero-order valence-corrected chi connectivity index (χ0v) is 35.8. The zero-order valence-electron chi connectivity index (χ0n) is 34.2. The summed E-state index contributed by atoms with van der Waals surface area (Å²) in [4.78, 5) is 59.0. The summed E-state index contributed by atoms with van der Waals surface area (Å²) in [6, 6.07) is 27.5. The number of hydrogen-bond acceptors (Lipinski definition) is 12. The summed E-state index contributed by atoms with van der Waals surface area (Å²) in [6.07, 6.45) is 2.75. The number of phenolic OH excluding ortho intramolecular Hbond substituents is 1. The molecule has 4 heterocycles. The number of pyridine rings is 1. The van der Waals surface area contributed by atoms with E-state index in [-0.39, 0.29) is 46.7 Å². The highest BCUT2D eigenvalue weighted by molar-refractivity contribution is 7.12. The van der Waals surface area contributed by atoms with E-state index >= 15 is 0 Å². The standard InChI is InChI=1S/C47H49N5O8S2/c1-51(42(56)18-21-52-22-19-46(20-23-52)26-34(27-46)60-45(58)47(59,39-4-2-24-61-39)40-5-3-25-62-40)33-12-8-31(9-13-33)44(57)49-32-10-6-30(7-11-32)28-48-29-38(54)35-14-16-37(53)43-36(35)15-17-41(55)50-43/h2-17,24-25,34,38,48,53-54,59H,18-23,26-29H2,1H3,(H,49,57)(H,50,55)/t38-/m0/s1. The van der Waals surface area contributed by atoms with E-state index in [1.807, 2.05) is 35.0 Å². The number of aliphatic hydroxyl groups is 2. The molecule has 6 aromatic rings. The van der Waals surface area contributed by atoms with E-state index in [4.69, 9.17) is 4.74 Å². The lowest BCUT2D eigenvalue weighted by Gasteiger charge is -2.51. The summed E-state index contributed by atoms with van der Waals surface area (Å²) in [5, 5.41) is 42.9. The van der Waals surface area contributed by atoms with Gasteiger partial charge in [0.15, 0.2) is 0 Å². The van der Waals surface area contributed by atoms with Gasteiger partial charge in [-0.15, -0.1) is 22.7 Å². The van der Waals surface area contributed by atoms with Gasteiger partial charge >= 0.3 is 5.97 Å². The number of ether oxygens (including phenoxy) is 1. The number of carbonyl (C=O) groups is 3. The van der Waals surface area contributed by atoms with Crippen molar-refractivity contribution < 1.29 is 34.4 Å². The number of H-pyrrole nitrogens is 1. The number of esters is 1. The monoisotopic (exact) mass is 875 g/mol. The number of hydrogen-bond donors (Lipinski definition) is 6. The SMILES string of the molecule is CN(C(=O)CCN1CCC2(CC1)CC(OC(=O)C(O)(c1cccs1)c1cccs1)C2)c1ccc(C(=O)Nc2ccc(CNC[C@H](O)c3ccc(O)c4[nH]c(=O)ccc34)cc2)cc1. The quantitative estimate of drug-likeness (QED) is 0.0622. The number of aromatic amines is 1. The van der Waals surface area contributed by atoms with Crippen molar-refractivity contribution in [2.45, 2.75) is 56.5 Å². The summed E-state index contributed by atoms with van der Waals surface area (Å²) in [5.74, 6) is -0.977. The fraction of sp³-hybridized carbons (Fsp3) is 0.319. The number of thiophene rings is 2. The van der Waals surface area contributed by atoms with Crippen LogP contribution < -0.4 is 21.1 Å². The Kier molecular flexibility index (Phi) is 12.7. The lowest BCUT2D eigenvalue weighted by Crippen LogP contribution is -2.52. The number of aromatic nitrogens is 1. The number of nitrogens with one attached hydrogen (secondary N) is 3. The number of carbonyl (C=O) groups excluding carboxylic acids is 3. The van der Waals surface area contributed by atoms with E-state index in [9.17, 15) is 34.5 Å². The predicted octanol–water partition coefficient (Wildman–Crippen LogP) is 6.51. The van der Waals surface area contributed by atoms with E-state index in [0.717, 1.165) is 44.3 Å². The third-order valence-electron chi connectivity index (χ3n) is 12.2. The number of likely N-dealkylation sites (tertiary alicyclic amines) is 1. The molecule has 0 unspecified atom stereocenters. The molecular formula is C47H49N5O8S2. The molecule has 0 bridgehead atoms. The minimum atomic E-state index is -1.80. The van der Waals surface area contributed by atoms with Crippen molar-refractivity contribution in [3.63, 3.8) is 0 Å². The molecule has 1 aliphatic heterocycles. The van der Waals surface area contributed by atoms with Crippen LogP contribution >= 0.6 is 22.7 Å². The number of anilines is 2. The zero-order chi connectivity index (χ0) is 43.4. The molecule has 322 valence electrons. The Hall–Kier alpha value is -5.68. The lowest BCUT2D eigenvalue weighted by atomic mass is 9.61. The van der Waals surface area contributed by atoms with Gasteiger partial charge in [0.1, 0.15) is 11.9 Å². The molecule has 15 heteroatoms. The minimum absolute atomic E-state index is 0.0161. The van der Waals surface area contributed by atoms with Crippen molar-refractivity contribution in [3.05, 3.63) is 145 Å². The van der Waals surface area contributed by atoms with Gasteiger partial charge in [0.05, 0.1) is 21.4 Å². The summed E-state index contributed by atoms with van der Waals surface area (Å²) in [5.41, 5.74) is 1.56. The highest BCUT2D eigenvalue weighted by Gasteiger charge is 2.51. The highest BCUT2D eigenvalue weighted by atomic mass is 32.1. The number of benzene rings is 3. The number of amides is 2. The minimum Gasteiger partial charge on any atom is -0.506 e. The molecule has 1 saturated heterocycles. The predicted molar refractivity (Wildman–Crippen MR) is 241 cm³/mol. The van der Waals surface area contributed by atoms with Crippen molar-refractivity contribution in [1.29, 1.82) is 0 Å². The lowest BCUT2D eigenvalue weighted by molar-refractivity contribution is -0.181. The van der Waals surface area contributed by atoms with Gasteiger partial charge in [0, 0.05) is 61.5 Å². The maximum absolute atomic E-state index is 13.4. The van der Waals surface area contributed by atoms with E-state index in [0.29, 0.717) is 57.2 Å². The normalized spacial score (nSPS) is 15.9. The number of fused-ring (bicyclic) bond motifs is 1. The van der Waals surface area contributed by atoms with E-state index in [2.05, 4.69) is 20.5 Å². The molecule has 0 radical (unpaired) electrons. The first-order valence-electron chi connectivity index (χ1n) is 20.7. The molecule has 1 spiro atoms. The largest absolute Gasteiger partial charge is 0.506 e. The summed E-state index contributed by atoms with van der Waals surface area (Å²) >= 11 is 2.67. The van der Waals surface area contributed by atoms with Gasteiger partial charge in [-0.3, -0.25) is 14.4 Å². The molecule has 1 saturated carbocycles. The molecule has 2 aliphatic rings. The van der Waals surface area contributed by atoms with Crippen LogP contribution in [0.3, 0.4) is 0 Å². The van der Waals surface area contributed by atoms with Crippen LogP contribution in [0.15, 0.2) is 113 Å². The maximum atomic E-state index is 13.4. The van der Waals surface area contributed by atoms with Crippen molar-refractivity contribution >= 4 is 62.7 Å². The van der Waals surface area contributed by atoms with Gasteiger partial charge in [0.2, 0.25) is 17.1 Å². The molecule has 6 N–H and O–H groups in total. The topological polar surface area (TPSA) is 185 Å². The van der Waals surface area contributed by atoms with E-state index < -0.39 is 17.7 Å². The van der Waals surface area contributed by atoms with Gasteiger partial charge in [-0.1, -0.05) is 30.3 Å². The van der Waals surface area contributed by atoms with Crippen LogP contribution in [-0.4, -0.2) is 82.3 Å². The van der Waals surface area contributed by atoms with Crippen molar-refractivity contribution in [1.82, 2.24) is 15.2 Å². The van der Waals surface area contributed by atoms with Gasteiger partial charge < -0.3 is 45.5 Å². The second-order valence-corrected chi connectivity index (χ2v) is 18.2. The Bertz CT molecular complexity index is 2530. The Morgan fingerprint density at radius 3 is 2.26 bits per heavy atom. The molecular weight excluding hydrogens is 827 g/mol. The first-order chi connectivity index (χ1) is 29.9. The Balaban J connectivity index is 0.742. The molecule has 2 fully saturated rings. The average Bonchev–Trinajstić information content (AvgIpc) is 4.03. The van der Waals surface area contributed by atoms with Crippen LogP contribution in [0.1, 0.15) is 69.4 Å². The first kappa shape index (κ1) is 43.0. The van der Waals surface area contributed by atoms with E-state index in [1.165, 1.54) is 34.8 Å². The van der Waals surface area contributed by atoms with Crippen LogP contribution in [0.4, 0.5) is 11.4 Å². The van der Waals surface area contributed by atoms with Crippen molar-refractivity contribution in [2.24, 2.45) is 5.41 Å². The Labute approximate surface area is 366 Å². The van der Waals surface area contributed by atoms with Gasteiger partial charge in [0.25, 0.3) is 5.91 Å². The number of phenols is 1. The Morgan fingerprint density at radius 2 is 1.61 bits per heavy atom. The average molecular weight is 876 g/mol. The molecule has 2 amide bonds. The number of piperidine rings is 1. The number of rotatable bonds is 15. The molecule has 1 atom stereocenters. The first-order valence-corrected chi connectivity index (χ1v) is 22.4. The molecule has 3 aromatic heterocycles. The summed E-state index contributed by atoms with van der Waals surface area (Å²) in [6.45, 7) is 3.08. The molecule has 8 rings (SSSR count). The Morgan fingerprint density at radius 1 is 0.935 bits per heavy atom. The van der Waals surface area contributed by atoms with Crippen LogP contribution in [0.5, 0.6) is 5.75 Å². The third-order valence-corrected chi connectivity index (χ3v) is 14.2. The third kappa shape index (κ3) is 9.23. The highest BCUT2D eigenvalue weighted by Crippen LogP contribution is 2.51. The van der Waals surface area contributed by atoms with Gasteiger partial charge in [-0.05, 0) is 127 Å². The number of nitrogens with zero attached hydrogens (tertiary/aromatic N) is 2. The van der Waals surface area contributed by atoms with E-state index in [1.54, 1.807) is 72.6 Å². The fourth-order valence-electron chi connectivity index (χ4n) is 8.50. The van der Waals surface area contributed by atoms with Crippen LogP contribution in [-0.2, 0) is 26.5 Å². The van der Waals surface area contributed by atoms with Gasteiger partial charge in [-0.2, -0.15) is 0 Å². The number of aromatic hydroxyl groups is 1. The fourth-order valence-corrected chi connectivity index (χ4v) is 10.2. The van der Waals surface area contributed by atoms with Crippen LogP contribution in [0.2, 0.25) is 0 Å². The van der Waals surface area contributed by atoms with Gasteiger partial charge in [-0.25, -0.2) is 4.79 Å². The maximum Gasteiger partial charge on any atom is 0.349 e. The summed E-state index contributed by atoms with van der Waals surface area (Å²) in [7, 11) is 1.74. The van der Waals surface area contributed by atoms with Crippen molar-refractivity contribution in [3.8, 4) is 5.75 Å². The van der Waals surface area contributed by atoms with Crippen molar-refractivity contribution in [2.75, 3.05) is 43.4 Å². The van der Waals surface area contributed by atoms with Crippen LogP contribution in [0.25, 0.3) is 10.9 Å². The second-order valence-electron chi connectivity index (χ2n) is 16.3. The molecule has 62 heavy (non-hydrogen) atoms. The molecule has 1 aliphatic carbocycles. The molecule has 13 nitrogen and oxygen atoms in total. The molecule has 3 aromatic carbocycles. The second kappa shape index (κ2) is 18.3. The smallest absolute Gasteiger partial charge is 0.349 e. The summed E-state index contributed by atoms with van der Waals surface area (Å²) < 4.78 is 5.91.